The SMILES string of the molecule is CC(C)CCN(Cc1nnc(-c2ccccc2Cl)o1)C1CC1. The quantitative estimate of drug-likeness (QED) is 0.758. The summed E-state index contributed by atoms with van der Waals surface area (Å²) in [6.07, 6.45) is 3.76. The van der Waals surface area contributed by atoms with Crippen molar-refractivity contribution in [2.75, 3.05) is 6.54 Å². The maximum absolute atomic E-state index is 6.18. The molecule has 5 heteroatoms. The molecule has 0 unspecified atom stereocenters. The fraction of sp³-hybridized carbons (Fsp3) is 0.529. The number of benzene rings is 1. The molecule has 1 saturated carbocycles. The Kier molecular flexibility index (Phi) is 4.79. The van der Waals surface area contributed by atoms with E-state index < -0.39 is 0 Å². The lowest BCUT2D eigenvalue weighted by Crippen LogP contribution is -2.27. The summed E-state index contributed by atoms with van der Waals surface area (Å²) in [4.78, 5) is 2.46. The molecule has 1 fully saturated rings. The van der Waals surface area contributed by atoms with Crippen molar-refractivity contribution in [2.24, 2.45) is 5.92 Å². The molecule has 0 saturated heterocycles. The van der Waals surface area contributed by atoms with Crippen molar-refractivity contribution in [1.82, 2.24) is 15.1 Å². The van der Waals surface area contributed by atoms with Gasteiger partial charge in [0, 0.05) is 6.04 Å². The van der Waals surface area contributed by atoms with Gasteiger partial charge in [0.05, 0.1) is 17.1 Å². The Bertz CT molecular complexity index is 622. The number of rotatable bonds is 7. The van der Waals surface area contributed by atoms with Crippen molar-refractivity contribution in [3.8, 4) is 11.5 Å². The van der Waals surface area contributed by atoms with E-state index in [1.807, 2.05) is 24.3 Å². The smallest absolute Gasteiger partial charge is 0.249 e. The summed E-state index contributed by atoms with van der Waals surface area (Å²) < 4.78 is 5.82. The van der Waals surface area contributed by atoms with Gasteiger partial charge in [-0.05, 0) is 43.9 Å². The Hall–Kier alpha value is -1.39. The van der Waals surface area contributed by atoms with Gasteiger partial charge in [-0.2, -0.15) is 0 Å². The molecule has 1 aliphatic carbocycles. The first kappa shape index (κ1) is 15.5. The van der Waals surface area contributed by atoms with E-state index in [0.29, 0.717) is 28.8 Å². The van der Waals surface area contributed by atoms with Gasteiger partial charge < -0.3 is 4.42 Å². The van der Waals surface area contributed by atoms with Crippen molar-refractivity contribution in [1.29, 1.82) is 0 Å². The van der Waals surface area contributed by atoms with Gasteiger partial charge in [0.15, 0.2) is 0 Å². The molecule has 2 aromatic rings. The van der Waals surface area contributed by atoms with Gasteiger partial charge in [-0.3, -0.25) is 4.90 Å². The second kappa shape index (κ2) is 6.80. The highest BCUT2D eigenvalue weighted by Crippen LogP contribution is 2.30. The Labute approximate surface area is 136 Å². The molecular weight excluding hydrogens is 298 g/mol. The average Bonchev–Trinajstić information content (AvgIpc) is 3.23. The highest BCUT2D eigenvalue weighted by atomic mass is 35.5. The summed E-state index contributed by atoms with van der Waals surface area (Å²) in [5, 5.41) is 8.98. The van der Waals surface area contributed by atoms with Crippen molar-refractivity contribution >= 4 is 11.6 Å². The molecule has 0 radical (unpaired) electrons. The first-order valence-corrected chi connectivity index (χ1v) is 8.32. The summed E-state index contributed by atoms with van der Waals surface area (Å²) in [6, 6.07) is 8.24. The zero-order chi connectivity index (χ0) is 15.5. The van der Waals surface area contributed by atoms with Crippen molar-refractivity contribution in [2.45, 2.75) is 45.7 Å². The van der Waals surface area contributed by atoms with E-state index in [4.69, 9.17) is 16.0 Å². The van der Waals surface area contributed by atoms with Gasteiger partial charge in [-0.25, -0.2) is 0 Å². The predicted molar refractivity (Wildman–Crippen MR) is 87.6 cm³/mol. The van der Waals surface area contributed by atoms with Crippen molar-refractivity contribution in [3.05, 3.63) is 35.2 Å². The van der Waals surface area contributed by atoms with Crippen LogP contribution < -0.4 is 0 Å². The van der Waals surface area contributed by atoms with Gasteiger partial charge in [-0.1, -0.05) is 37.6 Å². The molecule has 0 amide bonds. The van der Waals surface area contributed by atoms with E-state index in [1.54, 1.807) is 0 Å². The highest BCUT2D eigenvalue weighted by Gasteiger charge is 2.30. The van der Waals surface area contributed by atoms with E-state index >= 15 is 0 Å². The fourth-order valence-corrected chi connectivity index (χ4v) is 2.71. The summed E-state index contributed by atoms with van der Waals surface area (Å²) in [7, 11) is 0. The standard InChI is InChI=1S/C17H22ClN3O/c1-12(2)9-10-21(13-7-8-13)11-16-19-20-17(22-16)14-5-3-4-6-15(14)18/h3-6,12-13H,7-11H2,1-2H3. The van der Waals surface area contributed by atoms with Crippen LogP contribution in [0.4, 0.5) is 0 Å². The molecule has 0 N–H and O–H groups in total. The van der Waals surface area contributed by atoms with Crippen LogP contribution in [-0.2, 0) is 6.54 Å². The molecule has 0 atom stereocenters. The number of hydrogen-bond donors (Lipinski definition) is 0. The predicted octanol–water partition coefficient (Wildman–Crippen LogP) is 4.40. The Balaban J connectivity index is 1.69. The van der Waals surface area contributed by atoms with E-state index in [9.17, 15) is 0 Å². The largest absolute Gasteiger partial charge is 0.419 e. The fourth-order valence-electron chi connectivity index (χ4n) is 2.49. The maximum atomic E-state index is 6.18. The first-order chi connectivity index (χ1) is 10.6. The molecule has 1 aromatic heterocycles. The third-order valence-electron chi connectivity index (χ3n) is 3.97. The monoisotopic (exact) mass is 319 g/mol. The van der Waals surface area contributed by atoms with Gasteiger partial charge in [-0.15, -0.1) is 10.2 Å². The van der Waals surface area contributed by atoms with Gasteiger partial charge in [0.25, 0.3) is 0 Å². The molecule has 0 spiro atoms. The number of hydrogen-bond acceptors (Lipinski definition) is 4. The molecule has 0 aliphatic heterocycles. The molecule has 1 heterocycles. The third-order valence-corrected chi connectivity index (χ3v) is 4.30. The number of nitrogens with zero attached hydrogens (tertiary/aromatic N) is 3. The lowest BCUT2D eigenvalue weighted by molar-refractivity contribution is 0.217. The second-order valence-electron chi connectivity index (χ2n) is 6.36. The van der Waals surface area contributed by atoms with E-state index in [1.165, 1.54) is 19.3 Å². The topological polar surface area (TPSA) is 42.2 Å². The minimum absolute atomic E-state index is 0.500. The maximum Gasteiger partial charge on any atom is 0.249 e. The normalized spacial score (nSPS) is 15.0. The van der Waals surface area contributed by atoms with Crippen LogP contribution in [-0.4, -0.2) is 27.7 Å². The van der Waals surface area contributed by atoms with E-state index in [2.05, 4.69) is 28.9 Å². The molecule has 1 aliphatic rings. The van der Waals surface area contributed by atoms with Crippen LogP contribution in [0.2, 0.25) is 5.02 Å². The molecule has 118 valence electrons. The minimum atomic E-state index is 0.500. The minimum Gasteiger partial charge on any atom is -0.419 e. The van der Waals surface area contributed by atoms with Gasteiger partial charge in [0.2, 0.25) is 11.8 Å². The average molecular weight is 320 g/mol. The molecule has 3 rings (SSSR count). The number of halogens is 1. The van der Waals surface area contributed by atoms with Crippen LogP contribution in [0.5, 0.6) is 0 Å². The Morgan fingerprint density at radius 2 is 2.05 bits per heavy atom. The summed E-state index contributed by atoms with van der Waals surface area (Å²) in [5.74, 6) is 1.88. The lowest BCUT2D eigenvalue weighted by Gasteiger charge is -2.20. The zero-order valence-corrected chi connectivity index (χ0v) is 13.9. The number of aromatic nitrogens is 2. The van der Waals surface area contributed by atoms with Crippen LogP contribution in [0.3, 0.4) is 0 Å². The van der Waals surface area contributed by atoms with Crippen LogP contribution in [0.15, 0.2) is 28.7 Å². The molecule has 0 bridgehead atoms. The highest BCUT2D eigenvalue weighted by molar-refractivity contribution is 6.33. The summed E-state index contributed by atoms with van der Waals surface area (Å²) in [5.41, 5.74) is 0.795. The third kappa shape index (κ3) is 3.87. The van der Waals surface area contributed by atoms with E-state index in [-0.39, 0.29) is 0 Å². The van der Waals surface area contributed by atoms with Gasteiger partial charge >= 0.3 is 0 Å². The first-order valence-electron chi connectivity index (χ1n) is 7.95. The molecule has 22 heavy (non-hydrogen) atoms. The molecule has 4 nitrogen and oxygen atoms in total. The molecular formula is C17H22ClN3O. The molecule has 1 aromatic carbocycles. The zero-order valence-electron chi connectivity index (χ0n) is 13.1. The second-order valence-corrected chi connectivity index (χ2v) is 6.77. The van der Waals surface area contributed by atoms with Gasteiger partial charge in [0.1, 0.15) is 0 Å². The van der Waals surface area contributed by atoms with Crippen molar-refractivity contribution in [3.63, 3.8) is 0 Å². The van der Waals surface area contributed by atoms with Crippen LogP contribution in [0, 0.1) is 5.92 Å². The lowest BCUT2D eigenvalue weighted by atomic mass is 10.1. The van der Waals surface area contributed by atoms with Crippen LogP contribution >= 0.6 is 11.6 Å². The summed E-state index contributed by atoms with van der Waals surface area (Å²) >= 11 is 6.18. The van der Waals surface area contributed by atoms with Crippen molar-refractivity contribution < 1.29 is 4.42 Å². The van der Waals surface area contributed by atoms with Crippen LogP contribution in [0.25, 0.3) is 11.5 Å². The summed E-state index contributed by atoms with van der Waals surface area (Å²) in [6.45, 7) is 6.33. The Morgan fingerprint density at radius 3 is 2.73 bits per heavy atom. The van der Waals surface area contributed by atoms with E-state index in [0.717, 1.165) is 18.7 Å². The van der Waals surface area contributed by atoms with Crippen LogP contribution in [0.1, 0.15) is 39.0 Å². The Morgan fingerprint density at radius 1 is 1.27 bits per heavy atom.